The first-order chi connectivity index (χ1) is 11.6. The Morgan fingerprint density at radius 1 is 1.25 bits per heavy atom. The predicted octanol–water partition coefficient (Wildman–Crippen LogP) is 4.89. The summed E-state index contributed by atoms with van der Waals surface area (Å²) in [6, 6.07) is 11.7. The number of halogens is 2. The van der Waals surface area contributed by atoms with E-state index in [4.69, 9.17) is 11.6 Å². The second-order valence-corrected chi connectivity index (χ2v) is 6.74. The number of hydrogen-bond donors (Lipinski definition) is 0. The molecule has 0 fully saturated rings. The molecule has 0 spiro atoms. The highest BCUT2D eigenvalue weighted by Gasteiger charge is 2.12. The van der Waals surface area contributed by atoms with Gasteiger partial charge in [-0.05, 0) is 36.2 Å². The average Bonchev–Trinajstić information content (AvgIpc) is 2.57. The van der Waals surface area contributed by atoms with Crippen LogP contribution >= 0.6 is 23.4 Å². The molecule has 0 radical (unpaired) electrons. The van der Waals surface area contributed by atoms with E-state index in [-0.39, 0.29) is 11.4 Å². The van der Waals surface area contributed by atoms with Crippen LogP contribution in [0.5, 0.6) is 0 Å². The average molecular weight is 363 g/mol. The Hall–Kier alpha value is -1.85. The van der Waals surface area contributed by atoms with Crippen molar-refractivity contribution in [2.24, 2.45) is 0 Å². The SMILES string of the molecule is CCCn1c(SCc2ccc(F)cc2Cl)nc2ccccc2c1=O. The van der Waals surface area contributed by atoms with Crippen LogP contribution in [-0.4, -0.2) is 9.55 Å². The van der Waals surface area contributed by atoms with Gasteiger partial charge < -0.3 is 0 Å². The van der Waals surface area contributed by atoms with Crippen LogP contribution in [0.1, 0.15) is 18.9 Å². The smallest absolute Gasteiger partial charge is 0.262 e. The summed E-state index contributed by atoms with van der Waals surface area (Å²) >= 11 is 7.51. The summed E-state index contributed by atoms with van der Waals surface area (Å²) in [6.45, 7) is 2.63. The van der Waals surface area contributed by atoms with E-state index in [1.54, 1.807) is 16.7 Å². The van der Waals surface area contributed by atoms with Gasteiger partial charge in [0.1, 0.15) is 5.82 Å². The zero-order chi connectivity index (χ0) is 17.1. The van der Waals surface area contributed by atoms with Crippen molar-refractivity contribution in [3.05, 3.63) is 69.2 Å². The molecule has 3 nitrogen and oxygen atoms in total. The lowest BCUT2D eigenvalue weighted by Crippen LogP contribution is -2.23. The highest BCUT2D eigenvalue weighted by Crippen LogP contribution is 2.26. The van der Waals surface area contributed by atoms with Gasteiger partial charge in [-0.15, -0.1) is 0 Å². The molecule has 0 N–H and O–H groups in total. The van der Waals surface area contributed by atoms with E-state index in [1.807, 2.05) is 25.1 Å². The molecule has 0 aliphatic heterocycles. The van der Waals surface area contributed by atoms with E-state index < -0.39 is 0 Å². The van der Waals surface area contributed by atoms with E-state index >= 15 is 0 Å². The minimum absolute atomic E-state index is 0.0323. The maximum absolute atomic E-state index is 13.2. The van der Waals surface area contributed by atoms with Crippen molar-refractivity contribution in [2.75, 3.05) is 0 Å². The summed E-state index contributed by atoms with van der Waals surface area (Å²) in [5, 5.41) is 1.66. The monoisotopic (exact) mass is 362 g/mol. The third-order valence-electron chi connectivity index (χ3n) is 3.65. The van der Waals surface area contributed by atoms with Gasteiger partial charge in [-0.3, -0.25) is 9.36 Å². The summed E-state index contributed by atoms with van der Waals surface area (Å²) in [5.41, 5.74) is 1.46. The van der Waals surface area contributed by atoms with Gasteiger partial charge in [-0.2, -0.15) is 0 Å². The molecule has 6 heteroatoms. The minimum Gasteiger partial charge on any atom is -0.287 e. The zero-order valence-corrected chi connectivity index (χ0v) is 14.7. The van der Waals surface area contributed by atoms with Crippen LogP contribution in [0.4, 0.5) is 4.39 Å². The molecule has 0 unspecified atom stereocenters. The van der Waals surface area contributed by atoms with Crippen molar-refractivity contribution in [1.82, 2.24) is 9.55 Å². The van der Waals surface area contributed by atoms with E-state index in [9.17, 15) is 9.18 Å². The van der Waals surface area contributed by atoms with Crippen molar-refractivity contribution >= 4 is 34.3 Å². The molecule has 1 heterocycles. The highest BCUT2D eigenvalue weighted by atomic mass is 35.5. The lowest BCUT2D eigenvalue weighted by atomic mass is 10.2. The van der Waals surface area contributed by atoms with Gasteiger partial charge in [-0.25, -0.2) is 9.37 Å². The van der Waals surface area contributed by atoms with E-state index in [2.05, 4.69) is 4.98 Å². The molecule has 2 aromatic carbocycles. The number of nitrogens with zero attached hydrogens (tertiary/aromatic N) is 2. The van der Waals surface area contributed by atoms with Gasteiger partial charge in [0.15, 0.2) is 5.16 Å². The molecule has 0 atom stereocenters. The third-order valence-corrected chi connectivity index (χ3v) is 5.02. The number of rotatable bonds is 5. The largest absolute Gasteiger partial charge is 0.287 e. The van der Waals surface area contributed by atoms with Crippen molar-refractivity contribution in [1.29, 1.82) is 0 Å². The first kappa shape index (κ1) is 17.0. The van der Waals surface area contributed by atoms with E-state index in [0.29, 0.717) is 33.4 Å². The third kappa shape index (κ3) is 3.47. The van der Waals surface area contributed by atoms with Crippen LogP contribution in [0, 0.1) is 5.82 Å². The van der Waals surface area contributed by atoms with Crippen LogP contribution in [0.15, 0.2) is 52.4 Å². The Morgan fingerprint density at radius 3 is 2.79 bits per heavy atom. The molecule has 0 bridgehead atoms. The topological polar surface area (TPSA) is 34.9 Å². The van der Waals surface area contributed by atoms with Gasteiger partial charge in [0.25, 0.3) is 5.56 Å². The molecule has 0 saturated heterocycles. The van der Waals surface area contributed by atoms with Crippen molar-refractivity contribution in [3.63, 3.8) is 0 Å². The van der Waals surface area contributed by atoms with Crippen molar-refractivity contribution in [3.8, 4) is 0 Å². The maximum atomic E-state index is 13.2. The lowest BCUT2D eigenvalue weighted by molar-refractivity contribution is 0.584. The molecule has 24 heavy (non-hydrogen) atoms. The fourth-order valence-corrected chi connectivity index (χ4v) is 3.80. The summed E-state index contributed by atoms with van der Waals surface area (Å²) < 4.78 is 14.9. The Balaban J connectivity index is 1.98. The second kappa shape index (κ2) is 7.36. The fourth-order valence-electron chi connectivity index (χ4n) is 2.46. The van der Waals surface area contributed by atoms with Crippen molar-refractivity contribution < 1.29 is 4.39 Å². The Labute approximate surface area is 148 Å². The van der Waals surface area contributed by atoms with Crippen LogP contribution in [-0.2, 0) is 12.3 Å². The fraction of sp³-hybridized carbons (Fsp3) is 0.222. The molecule has 0 aliphatic carbocycles. The molecule has 3 aromatic rings. The molecular weight excluding hydrogens is 347 g/mol. The summed E-state index contributed by atoms with van der Waals surface area (Å²) in [5.74, 6) is 0.161. The maximum Gasteiger partial charge on any atom is 0.262 e. The standard InChI is InChI=1S/C18H16ClFN2OS/c1-2-9-22-17(23)14-5-3-4-6-16(14)21-18(22)24-11-12-7-8-13(20)10-15(12)19/h3-8,10H,2,9,11H2,1H3. The first-order valence-corrected chi connectivity index (χ1v) is 9.03. The van der Waals surface area contributed by atoms with Crippen LogP contribution in [0.3, 0.4) is 0 Å². The first-order valence-electron chi connectivity index (χ1n) is 7.66. The second-order valence-electron chi connectivity index (χ2n) is 5.39. The highest BCUT2D eigenvalue weighted by molar-refractivity contribution is 7.98. The number of benzene rings is 2. The van der Waals surface area contributed by atoms with Gasteiger partial charge in [0, 0.05) is 17.3 Å². The number of para-hydroxylation sites is 1. The molecule has 0 saturated carbocycles. The lowest BCUT2D eigenvalue weighted by Gasteiger charge is -2.12. The Kier molecular flexibility index (Phi) is 5.21. The molecule has 0 amide bonds. The Morgan fingerprint density at radius 2 is 2.04 bits per heavy atom. The van der Waals surface area contributed by atoms with Gasteiger partial charge in [0.2, 0.25) is 0 Å². The molecular formula is C18H16ClFN2OS. The van der Waals surface area contributed by atoms with Gasteiger partial charge >= 0.3 is 0 Å². The molecule has 0 aliphatic rings. The van der Waals surface area contributed by atoms with Crippen LogP contribution < -0.4 is 5.56 Å². The zero-order valence-electron chi connectivity index (χ0n) is 13.1. The number of fused-ring (bicyclic) bond motifs is 1. The predicted molar refractivity (Wildman–Crippen MR) is 97.3 cm³/mol. The van der Waals surface area contributed by atoms with Gasteiger partial charge in [-0.1, -0.05) is 48.5 Å². The Bertz CT molecular complexity index is 942. The molecule has 1 aromatic heterocycles. The van der Waals surface area contributed by atoms with E-state index in [0.717, 1.165) is 12.0 Å². The van der Waals surface area contributed by atoms with Crippen molar-refractivity contribution in [2.45, 2.75) is 30.8 Å². The summed E-state index contributed by atoms with van der Waals surface area (Å²) in [6.07, 6.45) is 0.838. The summed E-state index contributed by atoms with van der Waals surface area (Å²) in [7, 11) is 0. The van der Waals surface area contributed by atoms with Crippen LogP contribution in [0.25, 0.3) is 10.9 Å². The van der Waals surface area contributed by atoms with Gasteiger partial charge in [0.05, 0.1) is 10.9 Å². The number of thioether (sulfide) groups is 1. The summed E-state index contributed by atoms with van der Waals surface area (Å²) in [4.78, 5) is 17.3. The number of aromatic nitrogens is 2. The molecule has 124 valence electrons. The van der Waals surface area contributed by atoms with Crippen LogP contribution in [0.2, 0.25) is 5.02 Å². The normalized spacial score (nSPS) is 11.1. The number of hydrogen-bond acceptors (Lipinski definition) is 3. The minimum atomic E-state index is -0.361. The molecule has 3 rings (SSSR count). The quantitative estimate of drug-likeness (QED) is 0.478. The van der Waals surface area contributed by atoms with E-state index in [1.165, 1.54) is 23.9 Å².